The lowest BCUT2D eigenvalue weighted by Crippen LogP contribution is -2.43. The van der Waals surface area contributed by atoms with E-state index in [0.717, 1.165) is 12.8 Å². The second kappa shape index (κ2) is 8.12. The van der Waals surface area contributed by atoms with E-state index in [-0.39, 0.29) is 36.3 Å². The Hall–Kier alpha value is -2.70. The van der Waals surface area contributed by atoms with Crippen molar-refractivity contribution in [3.05, 3.63) is 40.9 Å². The van der Waals surface area contributed by atoms with Crippen LogP contribution in [0.5, 0.6) is 0 Å². The fourth-order valence-electron chi connectivity index (χ4n) is 3.30. The predicted molar refractivity (Wildman–Crippen MR) is 96.6 cm³/mol. The summed E-state index contributed by atoms with van der Waals surface area (Å²) in [5, 5.41) is 0.544. The van der Waals surface area contributed by atoms with Gasteiger partial charge in [-0.25, -0.2) is 4.98 Å². The molecular formula is C19H23N3O4. The molecule has 0 bridgehead atoms. The highest BCUT2D eigenvalue weighted by Crippen LogP contribution is 2.18. The Kier molecular flexibility index (Phi) is 5.65. The molecule has 26 heavy (non-hydrogen) atoms. The lowest BCUT2D eigenvalue weighted by molar-refractivity contribution is -0.151. The Morgan fingerprint density at radius 2 is 2.12 bits per heavy atom. The van der Waals surface area contributed by atoms with Crippen LogP contribution in [0.15, 0.2) is 35.4 Å². The number of para-hydroxylation sites is 1. The standard InChI is InChI=1S/C19H23N3O4/c1-2-26-19(25)14-6-5-10-21(12-14)17(23)9-11-22-13-20-16-8-4-3-7-15(16)18(22)24/h3-4,7-8,13-14H,2,5-6,9-12H2,1H3/t14-/m0/s1. The van der Waals surface area contributed by atoms with Crippen LogP contribution in [0.4, 0.5) is 0 Å². The van der Waals surface area contributed by atoms with Crippen molar-refractivity contribution in [3.8, 4) is 0 Å². The molecule has 1 amide bonds. The number of fused-ring (bicyclic) bond motifs is 1. The molecule has 1 aliphatic heterocycles. The van der Waals surface area contributed by atoms with Gasteiger partial charge in [0, 0.05) is 26.1 Å². The summed E-state index contributed by atoms with van der Waals surface area (Å²) in [5.74, 6) is -0.545. The summed E-state index contributed by atoms with van der Waals surface area (Å²) >= 11 is 0. The average molecular weight is 357 g/mol. The van der Waals surface area contributed by atoms with E-state index >= 15 is 0 Å². The number of hydrogen-bond donors (Lipinski definition) is 0. The number of piperidine rings is 1. The lowest BCUT2D eigenvalue weighted by atomic mass is 9.98. The monoisotopic (exact) mass is 357 g/mol. The molecule has 1 saturated heterocycles. The van der Waals surface area contributed by atoms with Crippen molar-refractivity contribution in [2.45, 2.75) is 32.7 Å². The average Bonchev–Trinajstić information content (AvgIpc) is 2.68. The van der Waals surface area contributed by atoms with Crippen molar-refractivity contribution in [2.75, 3.05) is 19.7 Å². The molecule has 1 aromatic heterocycles. The van der Waals surface area contributed by atoms with Crippen LogP contribution in [0, 0.1) is 5.92 Å². The summed E-state index contributed by atoms with van der Waals surface area (Å²) in [6.45, 7) is 3.43. The molecule has 0 unspecified atom stereocenters. The molecule has 0 spiro atoms. The number of amides is 1. The van der Waals surface area contributed by atoms with Gasteiger partial charge in [-0.3, -0.25) is 19.0 Å². The summed E-state index contributed by atoms with van der Waals surface area (Å²) in [5.41, 5.74) is 0.500. The van der Waals surface area contributed by atoms with Gasteiger partial charge < -0.3 is 9.64 Å². The van der Waals surface area contributed by atoms with Crippen LogP contribution < -0.4 is 5.56 Å². The Balaban J connectivity index is 1.63. The van der Waals surface area contributed by atoms with E-state index in [9.17, 15) is 14.4 Å². The summed E-state index contributed by atoms with van der Waals surface area (Å²) in [6, 6.07) is 7.15. The van der Waals surface area contributed by atoms with Gasteiger partial charge in [0.25, 0.3) is 5.56 Å². The molecule has 7 heteroatoms. The molecule has 1 fully saturated rings. The van der Waals surface area contributed by atoms with Gasteiger partial charge in [-0.05, 0) is 31.9 Å². The number of likely N-dealkylation sites (tertiary alicyclic amines) is 1. The summed E-state index contributed by atoms with van der Waals surface area (Å²) < 4.78 is 6.53. The second-order valence-corrected chi connectivity index (χ2v) is 6.44. The Morgan fingerprint density at radius 3 is 2.92 bits per heavy atom. The first-order valence-corrected chi connectivity index (χ1v) is 8.98. The van der Waals surface area contributed by atoms with E-state index in [1.807, 2.05) is 6.07 Å². The van der Waals surface area contributed by atoms with Crippen molar-refractivity contribution in [1.29, 1.82) is 0 Å². The fraction of sp³-hybridized carbons (Fsp3) is 0.474. The molecule has 1 aromatic carbocycles. The first-order valence-electron chi connectivity index (χ1n) is 8.98. The van der Waals surface area contributed by atoms with Crippen molar-refractivity contribution in [1.82, 2.24) is 14.5 Å². The van der Waals surface area contributed by atoms with Gasteiger partial charge >= 0.3 is 5.97 Å². The van der Waals surface area contributed by atoms with Crippen LogP contribution in [0.25, 0.3) is 10.9 Å². The molecular weight excluding hydrogens is 334 g/mol. The zero-order valence-corrected chi connectivity index (χ0v) is 14.9. The van der Waals surface area contributed by atoms with Crippen LogP contribution in [0.2, 0.25) is 0 Å². The van der Waals surface area contributed by atoms with Gasteiger partial charge in [0.2, 0.25) is 5.91 Å². The number of esters is 1. The van der Waals surface area contributed by atoms with Gasteiger partial charge in [-0.1, -0.05) is 12.1 Å². The maximum absolute atomic E-state index is 12.5. The highest BCUT2D eigenvalue weighted by molar-refractivity contribution is 5.79. The van der Waals surface area contributed by atoms with Crippen LogP contribution in [-0.2, 0) is 20.9 Å². The van der Waals surface area contributed by atoms with Crippen LogP contribution in [0.1, 0.15) is 26.2 Å². The SMILES string of the molecule is CCOC(=O)[C@H]1CCCN(C(=O)CCn2cnc3ccccc3c2=O)C1. The maximum atomic E-state index is 12.5. The van der Waals surface area contributed by atoms with Gasteiger partial charge in [0.15, 0.2) is 0 Å². The van der Waals surface area contributed by atoms with Crippen LogP contribution in [-0.4, -0.2) is 46.0 Å². The molecule has 0 radical (unpaired) electrons. The number of benzene rings is 1. The largest absolute Gasteiger partial charge is 0.466 e. The molecule has 0 aliphatic carbocycles. The number of rotatable bonds is 5. The molecule has 138 valence electrons. The Morgan fingerprint density at radius 1 is 1.31 bits per heavy atom. The third kappa shape index (κ3) is 3.92. The quantitative estimate of drug-likeness (QED) is 0.759. The molecule has 3 rings (SSSR count). The number of carbonyl (C=O) groups excluding carboxylic acids is 2. The van der Waals surface area contributed by atoms with E-state index in [0.29, 0.717) is 30.6 Å². The highest BCUT2D eigenvalue weighted by atomic mass is 16.5. The topological polar surface area (TPSA) is 81.5 Å². The smallest absolute Gasteiger partial charge is 0.310 e. The second-order valence-electron chi connectivity index (χ2n) is 6.44. The minimum atomic E-state index is -0.252. The molecule has 0 saturated carbocycles. The molecule has 1 aliphatic rings. The van der Waals surface area contributed by atoms with E-state index in [1.54, 1.807) is 30.0 Å². The van der Waals surface area contributed by atoms with E-state index in [1.165, 1.54) is 10.9 Å². The van der Waals surface area contributed by atoms with E-state index < -0.39 is 0 Å². The van der Waals surface area contributed by atoms with Gasteiger partial charge in [0.1, 0.15) is 0 Å². The maximum Gasteiger partial charge on any atom is 0.310 e. The fourth-order valence-corrected chi connectivity index (χ4v) is 3.30. The highest BCUT2D eigenvalue weighted by Gasteiger charge is 2.29. The Bertz CT molecular complexity index is 861. The Labute approximate surface area is 151 Å². The minimum Gasteiger partial charge on any atom is -0.466 e. The molecule has 2 heterocycles. The zero-order valence-electron chi connectivity index (χ0n) is 14.9. The van der Waals surface area contributed by atoms with Crippen molar-refractivity contribution >= 4 is 22.8 Å². The zero-order chi connectivity index (χ0) is 18.5. The van der Waals surface area contributed by atoms with Crippen LogP contribution >= 0.6 is 0 Å². The van der Waals surface area contributed by atoms with E-state index in [2.05, 4.69) is 4.98 Å². The van der Waals surface area contributed by atoms with Crippen LogP contribution in [0.3, 0.4) is 0 Å². The van der Waals surface area contributed by atoms with E-state index in [4.69, 9.17) is 4.74 Å². The minimum absolute atomic E-state index is 0.0564. The molecule has 2 aromatic rings. The number of aryl methyl sites for hydroxylation is 1. The molecule has 1 atom stereocenters. The third-order valence-corrected chi connectivity index (χ3v) is 4.69. The van der Waals surface area contributed by atoms with Crippen molar-refractivity contribution in [3.63, 3.8) is 0 Å². The van der Waals surface area contributed by atoms with Crippen molar-refractivity contribution in [2.24, 2.45) is 5.92 Å². The van der Waals surface area contributed by atoms with Gasteiger partial charge in [0.05, 0.1) is 29.8 Å². The lowest BCUT2D eigenvalue weighted by Gasteiger charge is -2.31. The first-order chi connectivity index (χ1) is 12.6. The van der Waals surface area contributed by atoms with Crippen molar-refractivity contribution < 1.29 is 14.3 Å². The number of aromatic nitrogens is 2. The van der Waals surface area contributed by atoms with Gasteiger partial charge in [-0.2, -0.15) is 0 Å². The number of carbonyl (C=O) groups is 2. The predicted octanol–water partition coefficient (Wildman–Crippen LogP) is 1.59. The summed E-state index contributed by atoms with van der Waals surface area (Å²) in [4.78, 5) is 42.8. The number of hydrogen-bond acceptors (Lipinski definition) is 5. The van der Waals surface area contributed by atoms with Gasteiger partial charge in [-0.15, -0.1) is 0 Å². The first kappa shape index (κ1) is 18.1. The summed E-state index contributed by atoms with van der Waals surface area (Å²) in [6.07, 6.45) is 3.22. The summed E-state index contributed by atoms with van der Waals surface area (Å²) in [7, 11) is 0. The third-order valence-electron chi connectivity index (χ3n) is 4.69. The molecule has 7 nitrogen and oxygen atoms in total. The normalized spacial score (nSPS) is 17.3. The number of nitrogens with zero attached hydrogens (tertiary/aromatic N) is 3. The number of ether oxygens (including phenoxy) is 1. The molecule has 0 N–H and O–H groups in total.